The average molecular weight is 314 g/mol. The molecule has 20 heavy (non-hydrogen) atoms. The summed E-state index contributed by atoms with van der Waals surface area (Å²) in [6.07, 6.45) is 4.88. The van der Waals surface area contributed by atoms with Gasteiger partial charge in [-0.05, 0) is 25.0 Å². The topological polar surface area (TPSA) is 54.7 Å². The Morgan fingerprint density at radius 1 is 1.50 bits per heavy atom. The number of unbranched alkanes of at least 4 members (excludes halogenated alkanes) is 1. The van der Waals surface area contributed by atoms with Gasteiger partial charge in [0.1, 0.15) is 5.65 Å². The van der Waals surface area contributed by atoms with Gasteiger partial charge < -0.3 is 0 Å². The summed E-state index contributed by atoms with van der Waals surface area (Å²) in [5.41, 5.74) is 0.510. The Morgan fingerprint density at radius 2 is 2.25 bits per heavy atom. The third kappa shape index (κ3) is 2.72. The van der Waals surface area contributed by atoms with E-state index in [0.29, 0.717) is 18.6 Å². The van der Waals surface area contributed by atoms with E-state index in [1.54, 1.807) is 30.5 Å². The monoisotopic (exact) mass is 313 g/mol. The van der Waals surface area contributed by atoms with Crippen LogP contribution in [0.5, 0.6) is 0 Å². The van der Waals surface area contributed by atoms with Gasteiger partial charge in [-0.1, -0.05) is 23.7 Å². The van der Waals surface area contributed by atoms with Crippen LogP contribution in [-0.4, -0.2) is 35.7 Å². The standard InChI is InChI=1S/C13H16ClN3O2S/c1-3-4-6-9-16(2)20(18,19)13-12(14)15-11-8-5-7-10-17(11)13/h3,5,7-8,10H,1,4,6,9H2,2H3. The predicted octanol–water partition coefficient (Wildman–Crippen LogP) is 2.57. The maximum atomic E-state index is 12.6. The third-order valence-corrected chi connectivity index (χ3v) is 5.24. The predicted molar refractivity (Wildman–Crippen MR) is 79.4 cm³/mol. The summed E-state index contributed by atoms with van der Waals surface area (Å²) in [6, 6.07) is 5.23. The molecule has 2 rings (SSSR count). The van der Waals surface area contributed by atoms with Crippen molar-refractivity contribution in [2.75, 3.05) is 13.6 Å². The van der Waals surface area contributed by atoms with Crippen molar-refractivity contribution >= 4 is 27.3 Å². The lowest BCUT2D eigenvalue weighted by Gasteiger charge is -2.16. The Morgan fingerprint density at radius 3 is 2.95 bits per heavy atom. The summed E-state index contributed by atoms with van der Waals surface area (Å²) in [7, 11) is -2.13. The van der Waals surface area contributed by atoms with Gasteiger partial charge in [-0.25, -0.2) is 13.4 Å². The smallest absolute Gasteiger partial charge is 0.262 e. The van der Waals surface area contributed by atoms with Gasteiger partial charge in [0.2, 0.25) is 0 Å². The highest BCUT2D eigenvalue weighted by atomic mass is 35.5. The van der Waals surface area contributed by atoms with Gasteiger partial charge in [-0.2, -0.15) is 4.31 Å². The molecule has 0 aromatic carbocycles. The van der Waals surface area contributed by atoms with Crippen LogP contribution in [0.2, 0.25) is 5.15 Å². The largest absolute Gasteiger partial charge is 0.288 e. The minimum Gasteiger partial charge on any atom is -0.288 e. The first-order valence-electron chi connectivity index (χ1n) is 6.18. The summed E-state index contributed by atoms with van der Waals surface area (Å²) < 4.78 is 27.9. The molecule has 0 unspecified atom stereocenters. The minimum atomic E-state index is -3.67. The van der Waals surface area contributed by atoms with Crippen LogP contribution in [-0.2, 0) is 10.0 Å². The average Bonchev–Trinajstić information content (AvgIpc) is 2.75. The molecule has 0 amide bonds. The Bertz CT molecular complexity index is 724. The van der Waals surface area contributed by atoms with Gasteiger partial charge in [0.25, 0.3) is 10.0 Å². The SMILES string of the molecule is C=CCCCN(C)S(=O)(=O)c1c(Cl)nc2ccccn12. The van der Waals surface area contributed by atoms with E-state index in [9.17, 15) is 8.42 Å². The number of hydrogen-bond donors (Lipinski definition) is 0. The number of allylic oxidation sites excluding steroid dienone is 1. The number of hydrogen-bond acceptors (Lipinski definition) is 3. The summed E-state index contributed by atoms with van der Waals surface area (Å²) in [4.78, 5) is 4.06. The molecule has 0 atom stereocenters. The molecule has 7 heteroatoms. The quantitative estimate of drug-likeness (QED) is 0.608. The van der Waals surface area contributed by atoms with Crippen molar-refractivity contribution in [3.8, 4) is 0 Å². The molecule has 108 valence electrons. The van der Waals surface area contributed by atoms with Crippen molar-refractivity contribution in [2.24, 2.45) is 0 Å². The van der Waals surface area contributed by atoms with Crippen molar-refractivity contribution in [3.63, 3.8) is 0 Å². The molecule has 0 saturated heterocycles. The molecule has 0 N–H and O–H groups in total. The second-order valence-corrected chi connectivity index (χ2v) is 6.71. The molecule has 2 aromatic heterocycles. The van der Waals surface area contributed by atoms with Gasteiger partial charge in [0.05, 0.1) is 0 Å². The zero-order valence-electron chi connectivity index (χ0n) is 11.2. The zero-order valence-corrected chi connectivity index (χ0v) is 12.7. The normalized spacial score (nSPS) is 12.2. The van der Waals surface area contributed by atoms with Crippen LogP contribution >= 0.6 is 11.6 Å². The molecule has 0 spiro atoms. The van der Waals surface area contributed by atoms with E-state index in [2.05, 4.69) is 11.6 Å². The lowest BCUT2D eigenvalue weighted by atomic mass is 10.3. The zero-order chi connectivity index (χ0) is 14.8. The molecule has 0 bridgehead atoms. The number of sulfonamides is 1. The van der Waals surface area contributed by atoms with Gasteiger partial charge >= 0.3 is 0 Å². The van der Waals surface area contributed by atoms with Crippen LogP contribution < -0.4 is 0 Å². The molecular formula is C13H16ClN3O2S. The molecule has 0 saturated carbocycles. The highest BCUT2D eigenvalue weighted by molar-refractivity contribution is 7.89. The van der Waals surface area contributed by atoms with Crippen molar-refractivity contribution in [1.82, 2.24) is 13.7 Å². The molecule has 2 heterocycles. The lowest BCUT2D eigenvalue weighted by Crippen LogP contribution is -2.29. The molecule has 5 nitrogen and oxygen atoms in total. The third-order valence-electron chi connectivity index (χ3n) is 2.98. The molecule has 0 aliphatic heterocycles. The van der Waals surface area contributed by atoms with Crippen molar-refractivity contribution in [2.45, 2.75) is 17.9 Å². The Labute approximate surface area is 123 Å². The van der Waals surface area contributed by atoms with Gasteiger partial charge in [-0.15, -0.1) is 6.58 Å². The maximum Gasteiger partial charge on any atom is 0.262 e. The number of pyridine rings is 1. The van der Waals surface area contributed by atoms with E-state index in [0.717, 1.165) is 6.42 Å². The van der Waals surface area contributed by atoms with E-state index in [1.165, 1.54) is 15.8 Å². The van der Waals surface area contributed by atoms with Crippen LogP contribution in [0.3, 0.4) is 0 Å². The Hall–Kier alpha value is -1.37. The second-order valence-electron chi connectivity index (χ2n) is 4.39. The summed E-state index contributed by atoms with van der Waals surface area (Å²) >= 11 is 6.00. The van der Waals surface area contributed by atoms with Crippen LogP contribution in [0, 0.1) is 0 Å². The van der Waals surface area contributed by atoms with Crippen molar-refractivity contribution < 1.29 is 8.42 Å². The van der Waals surface area contributed by atoms with Gasteiger partial charge in [0.15, 0.2) is 10.2 Å². The summed E-state index contributed by atoms with van der Waals surface area (Å²) in [5.74, 6) is 0. The summed E-state index contributed by atoms with van der Waals surface area (Å²) in [6.45, 7) is 4.03. The fraction of sp³-hybridized carbons (Fsp3) is 0.308. The Balaban J connectivity index is 2.41. The van der Waals surface area contributed by atoms with E-state index in [4.69, 9.17) is 11.6 Å². The molecular weight excluding hydrogens is 298 g/mol. The number of halogens is 1. The van der Waals surface area contributed by atoms with E-state index < -0.39 is 10.0 Å². The molecule has 2 aromatic rings. The number of fused-ring (bicyclic) bond motifs is 1. The summed E-state index contributed by atoms with van der Waals surface area (Å²) in [5, 5.41) is 0.00244. The van der Waals surface area contributed by atoms with Crippen molar-refractivity contribution in [1.29, 1.82) is 0 Å². The van der Waals surface area contributed by atoms with Crippen LogP contribution in [0.25, 0.3) is 5.65 Å². The molecule has 0 aliphatic rings. The lowest BCUT2D eigenvalue weighted by molar-refractivity contribution is 0.459. The van der Waals surface area contributed by atoms with Crippen LogP contribution in [0.4, 0.5) is 0 Å². The Kier molecular flexibility index (Phi) is 4.47. The van der Waals surface area contributed by atoms with E-state index in [1.807, 2.05) is 0 Å². The first kappa shape index (κ1) is 15.0. The second kappa shape index (κ2) is 5.95. The first-order valence-corrected chi connectivity index (χ1v) is 8.00. The molecule has 0 radical (unpaired) electrons. The van der Waals surface area contributed by atoms with Gasteiger partial charge in [0, 0.05) is 19.8 Å². The highest BCUT2D eigenvalue weighted by Gasteiger charge is 2.28. The highest BCUT2D eigenvalue weighted by Crippen LogP contribution is 2.25. The molecule has 0 aliphatic carbocycles. The number of imidazole rings is 1. The maximum absolute atomic E-state index is 12.6. The van der Waals surface area contributed by atoms with Crippen molar-refractivity contribution in [3.05, 3.63) is 42.2 Å². The van der Waals surface area contributed by atoms with Crippen LogP contribution in [0.15, 0.2) is 42.1 Å². The number of aromatic nitrogens is 2. The first-order chi connectivity index (χ1) is 9.48. The van der Waals surface area contributed by atoms with E-state index in [-0.39, 0.29) is 10.2 Å². The fourth-order valence-corrected chi connectivity index (χ4v) is 3.70. The minimum absolute atomic E-state index is 0.00762. The number of nitrogens with zero attached hydrogens (tertiary/aromatic N) is 3. The molecule has 0 fully saturated rings. The fourth-order valence-electron chi connectivity index (χ4n) is 1.90. The van der Waals surface area contributed by atoms with Crippen LogP contribution in [0.1, 0.15) is 12.8 Å². The van der Waals surface area contributed by atoms with Gasteiger partial charge in [-0.3, -0.25) is 4.40 Å². The van der Waals surface area contributed by atoms with E-state index >= 15 is 0 Å². The number of rotatable bonds is 6.